The number of carbonyl (C=O) groups excluding carboxylic acids is 2. The number of aromatic nitrogens is 4. The molecule has 0 N–H and O–H groups in total. The van der Waals surface area contributed by atoms with Gasteiger partial charge in [-0.1, -0.05) is 224 Å². The highest BCUT2D eigenvalue weighted by molar-refractivity contribution is 8.27. The molecule has 0 bridgehead atoms. The SMILES string of the molecule is CCCCCCCCN1C(=O)/C(=C/c2ccc(-c3ccc(-c4cc(F)c(-c5ccc(-c6cc(O[Si](CCCCCC)(CCCCCC)CCCCCC)c(-c7ccc(-c8c(F)cc(-c9ccc(-c%10ccc(/C=C%11\SC(=S)N(CCCCCCCC)C%11=O)s%10)s9)c9nsnc89)s7)cc6OC)s5)c5nsnc45)s3)s2)SC1=S. The van der Waals surface area contributed by atoms with Crippen molar-refractivity contribution in [3.05, 3.63) is 128 Å². The normalized spacial score (nSPS) is 14.3. The zero-order valence-electron chi connectivity index (χ0n) is 63.4. The van der Waals surface area contributed by atoms with Crippen LogP contribution >= 0.6 is 139 Å². The fraction of sp³-hybridized carbons (Fsp3) is 0.412. The first-order chi connectivity index (χ1) is 53.7. The summed E-state index contributed by atoms with van der Waals surface area (Å²) in [6.07, 6.45) is 31.6. The van der Waals surface area contributed by atoms with Gasteiger partial charge in [0.25, 0.3) is 20.1 Å². The van der Waals surface area contributed by atoms with Crippen LogP contribution < -0.4 is 9.16 Å². The number of hydrogen-bond donors (Lipinski definition) is 0. The van der Waals surface area contributed by atoms with Crippen molar-refractivity contribution in [1.29, 1.82) is 0 Å². The number of nitrogens with zero attached hydrogens (tertiary/aromatic N) is 6. The Kier molecular flexibility index (Phi) is 29.7. The van der Waals surface area contributed by atoms with E-state index in [1.165, 1.54) is 117 Å². The molecule has 0 saturated carbocycles. The lowest BCUT2D eigenvalue weighted by Gasteiger charge is -2.34. The van der Waals surface area contributed by atoms with Crippen LogP contribution in [0.1, 0.15) is 198 Å². The summed E-state index contributed by atoms with van der Waals surface area (Å²) in [7, 11) is -0.834. The number of ether oxygens (including phenoxy) is 1. The van der Waals surface area contributed by atoms with Gasteiger partial charge in [-0.15, -0.1) is 68.0 Å². The molecule has 2 aliphatic rings. The standard InChI is InChI=1S/C85H94F2N6O4S12Si/c1-7-12-17-22-24-26-43-92-82(94)74(106-84(92)98)48-54-31-33-68(100-54)70-39-35-66(102-70)58-50-60(86)76(80-78(58)88-108-90-80)72-41-37-64(104-72)56-53-63(97-110(45-28-19-14-9-3,46-29-20-15-10-4)47-30-21-16-11-5)57(52-62(56)96-6)65-38-42-73(105-65)77-61(87)51-59(79-81(77)91-109-89-79)67-36-40-71(103-67)69-34-32-55(101-69)49-75-83(95)93(85(99)107-75)44-27-25-23-18-13-8-2/h31-42,48-53H,7-30,43-47H2,1-6H3/b74-48-,75-49-. The predicted molar refractivity (Wildman–Crippen MR) is 485 cm³/mol. The predicted octanol–water partition coefficient (Wildman–Crippen LogP) is 29.9. The van der Waals surface area contributed by atoms with Gasteiger partial charge in [-0.2, -0.15) is 17.5 Å². The Balaban J connectivity index is 0.792. The third kappa shape index (κ3) is 19.5. The average molecular weight is 1710 g/mol. The number of unbranched alkanes of at least 4 members (excludes halogenated alkanes) is 19. The van der Waals surface area contributed by atoms with E-state index in [9.17, 15) is 9.59 Å². The van der Waals surface area contributed by atoms with Crippen LogP contribution in [0.15, 0.2) is 107 Å². The second kappa shape index (κ2) is 39.7. The Bertz CT molecular complexity index is 5060. The number of thiophene rings is 6. The highest BCUT2D eigenvalue weighted by atomic mass is 32.2. The Morgan fingerprint density at radius 1 is 0.391 bits per heavy atom. The lowest BCUT2D eigenvalue weighted by molar-refractivity contribution is -0.123. The van der Waals surface area contributed by atoms with Crippen LogP contribution in [-0.4, -0.2) is 76.3 Å². The maximum absolute atomic E-state index is 17.5. The average Bonchev–Trinajstić information content (AvgIpc) is 1.57. The van der Waals surface area contributed by atoms with Crippen molar-refractivity contribution < 1.29 is 27.5 Å². The highest BCUT2D eigenvalue weighted by Crippen LogP contribution is 2.52. The number of methoxy groups -OCH3 is 1. The molecule has 2 fully saturated rings. The molecule has 2 saturated heterocycles. The number of halogens is 2. The Labute approximate surface area is 699 Å². The zero-order valence-corrected chi connectivity index (χ0v) is 74.2. The topological polar surface area (TPSA) is 111 Å². The molecule has 110 heavy (non-hydrogen) atoms. The Morgan fingerprint density at radius 2 is 0.718 bits per heavy atom. The van der Waals surface area contributed by atoms with Crippen LogP contribution in [0.3, 0.4) is 0 Å². The number of thioether (sulfide) groups is 2. The maximum atomic E-state index is 17.5. The first-order valence-electron chi connectivity index (χ1n) is 39.2. The molecule has 25 heteroatoms. The van der Waals surface area contributed by atoms with E-state index in [0.29, 0.717) is 81.6 Å². The lowest BCUT2D eigenvalue weighted by Crippen LogP contribution is -2.41. The van der Waals surface area contributed by atoms with Gasteiger partial charge in [0.2, 0.25) is 0 Å². The van der Waals surface area contributed by atoms with Gasteiger partial charge in [-0.25, -0.2) is 8.78 Å². The molecule has 10 nitrogen and oxygen atoms in total. The molecular formula is C85H94F2N6O4S12Si. The van der Waals surface area contributed by atoms with Crippen LogP contribution in [0.4, 0.5) is 8.78 Å². The first-order valence-corrected chi connectivity index (χ1v) is 50.5. The minimum atomic E-state index is -2.54. The molecule has 13 rings (SSSR count). The molecule has 8 aromatic heterocycles. The van der Waals surface area contributed by atoms with Gasteiger partial charge in [0.1, 0.15) is 53.8 Å². The molecule has 0 radical (unpaired) electrons. The van der Waals surface area contributed by atoms with Crippen molar-refractivity contribution in [2.75, 3.05) is 20.2 Å². The van der Waals surface area contributed by atoms with Gasteiger partial charge in [-0.05, 0) is 140 Å². The molecule has 2 amide bonds. The van der Waals surface area contributed by atoms with Gasteiger partial charge < -0.3 is 9.16 Å². The molecular weight excluding hydrogens is 1620 g/mol. The number of carbonyl (C=O) groups is 2. The molecule has 0 atom stereocenters. The van der Waals surface area contributed by atoms with Crippen LogP contribution in [0.2, 0.25) is 18.1 Å². The van der Waals surface area contributed by atoms with Crippen molar-refractivity contribution in [1.82, 2.24) is 27.3 Å². The van der Waals surface area contributed by atoms with Crippen LogP contribution in [0.5, 0.6) is 11.5 Å². The number of thiocarbonyl (C=S) groups is 2. The molecule has 0 spiro atoms. The van der Waals surface area contributed by atoms with Gasteiger partial charge in [0, 0.05) is 93.9 Å². The minimum Gasteiger partial charge on any atom is -0.543 e. The Hall–Kier alpha value is -5.52. The summed E-state index contributed by atoms with van der Waals surface area (Å²) in [6.45, 7) is 12.6. The quantitative estimate of drug-likeness (QED) is 0.0157. The second-order valence-electron chi connectivity index (χ2n) is 28.5. The summed E-state index contributed by atoms with van der Waals surface area (Å²) in [6, 6.07) is 35.4. The van der Waals surface area contributed by atoms with Crippen molar-refractivity contribution in [3.8, 4) is 93.7 Å². The minimum absolute atomic E-state index is 0.0180. The number of benzene rings is 3. The fourth-order valence-corrected chi connectivity index (χ4v) is 29.1. The summed E-state index contributed by atoms with van der Waals surface area (Å²) >= 11 is 25.7. The van der Waals surface area contributed by atoms with Crippen molar-refractivity contribution >= 4 is 202 Å². The maximum Gasteiger partial charge on any atom is 0.266 e. The van der Waals surface area contributed by atoms with Crippen LogP contribution in [0, 0.1) is 11.6 Å². The molecule has 578 valence electrons. The third-order valence-corrected chi connectivity index (χ3v) is 35.8. The van der Waals surface area contributed by atoms with E-state index < -0.39 is 8.32 Å². The van der Waals surface area contributed by atoms with E-state index in [1.54, 1.807) is 74.4 Å². The van der Waals surface area contributed by atoms with Crippen molar-refractivity contribution in [2.24, 2.45) is 0 Å². The van der Waals surface area contributed by atoms with E-state index in [-0.39, 0.29) is 23.4 Å². The van der Waals surface area contributed by atoms with E-state index in [1.807, 2.05) is 42.5 Å². The third-order valence-electron chi connectivity index (χ3n) is 20.5. The monoisotopic (exact) mass is 1710 g/mol. The van der Waals surface area contributed by atoms with E-state index in [2.05, 4.69) is 89.2 Å². The smallest absolute Gasteiger partial charge is 0.266 e. The van der Waals surface area contributed by atoms with E-state index in [4.69, 9.17) is 51.1 Å². The molecule has 0 aliphatic carbocycles. The molecule has 11 aromatic rings. The van der Waals surface area contributed by atoms with Crippen molar-refractivity contribution in [3.63, 3.8) is 0 Å². The summed E-state index contributed by atoms with van der Waals surface area (Å²) in [5.41, 5.74) is 6.24. The Morgan fingerprint density at radius 3 is 1.14 bits per heavy atom. The molecule has 10 heterocycles. The van der Waals surface area contributed by atoms with Gasteiger partial charge in [-0.3, -0.25) is 19.4 Å². The first kappa shape index (κ1) is 82.5. The summed E-state index contributed by atoms with van der Waals surface area (Å²) in [5, 5.41) is 0. The van der Waals surface area contributed by atoms with E-state index in [0.717, 1.165) is 200 Å². The largest absolute Gasteiger partial charge is 0.543 e. The molecule has 3 aromatic carbocycles. The summed E-state index contributed by atoms with van der Waals surface area (Å²) < 4.78 is 69.9. The number of fused-ring (bicyclic) bond motifs is 2. The van der Waals surface area contributed by atoms with Crippen LogP contribution in [0.25, 0.3) is 116 Å². The van der Waals surface area contributed by atoms with E-state index >= 15 is 8.78 Å². The van der Waals surface area contributed by atoms with Gasteiger partial charge >= 0.3 is 0 Å². The fourth-order valence-electron chi connectivity index (χ4n) is 14.6. The second-order valence-corrected chi connectivity index (χ2v) is 43.6. The van der Waals surface area contributed by atoms with Gasteiger partial charge in [0.15, 0.2) is 0 Å². The number of hydrogen-bond acceptors (Lipinski definition) is 20. The lowest BCUT2D eigenvalue weighted by atomic mass is 10.0. The van der Waals surface area contributed by atoms with Gasteiger partial charge in [0.05, 0.1) is 51.5 Å². The number of amides is 2. The zero-order chi connectivity index (χ0) is 76.7. The van der Waals surface area contributed by atoms with Crippen LogP contribution in [-0.2, 0) is 9.59 Å². The molecule has 2 aliphatic heterocycles. The summed E-state index contributed by atoms with van der Waals surface area (Å²) in [5.74, 6) is 0.637. The molecule has 0 unspecified atom stereocenters. The highest BCUT2D eigenvalue weighted by Gasteiger charge is 2.38. The number of rotatable bonds is 42. The van der Waals surface area contributed by atoms with Crippen molar-refractivity contribution in [2.45, 2.75) is 207 Å². The summed E-state index contributed by atoms with van der Waals surface area (Å²) in [4.78, 5) is 43.0.